The first-order valence-electron chi connectivity index (χ1n) is 12.1. The maximum atomic E-state index is 13.1. The first-order chi connectivity index (χ1) is 16.4. The van der Waals surface area contributed by atoms with Crippen LogP contribution in [0, 0.1) is 0 Å². The lowest BCUT2D eigenvalue weighted by Crippen LogP contribution is -2.63. The number of hydrogen-bond donors (Lipinski definition) is 0. The van der Waals surface area contributed by atoms with Gasteiger partial charge in [-0.2, -0.15) is 0 Å². The number of benzene rings is 3. The van der Waals surface area contributed by atoms with Crippen molar-refractivity contribution in [3.8, 4) is 0 Å². The van der Waals surface area contributed by atoms with Gasteiger partial charge in [0, 0.05) is 32.0 Å². The van der Waals surface area contributed by atoms with Crippen molar-refractivity contribution < 1.29 is 9.59 Å². The Kier molecular flexibility index (Phi) is 9.22. The maximum Gasteiger partial charge on any atom is 0.257 e. The van der Waals surface area contributed by atoms with E-state index in [0.29, 0.717) is 0 Å². The summed E-state index contributed by atoms with van der Waals surface area (Å²) in [6.45, 7) is 7.51. The van der Waals surface area contributed by atoms with Crippen LogP contribution in [0.3, 0.4) is 0 Å². The van der Waals surface area contributed by atoms with Gasteiger partial charge < -0.3 is 9.13 Å². The van der Waals surface area contributed by atoms with E-state index in [1.807, 2.05) is 63.7 Å². The third kappa shape index (κ3) is 6.91. The van der Waals surface area contributed by atoms with Crippen molar-refractivity contribution in [2.75, 3.05) is 0 Å². The highest BCUT2D eigenvalue weighted by Gasteiger charge is 2.37. The Morgan fingerprint density at radius 2 is 0.941 bits per heavy atom. The average Bonchev–Trinajstić information content (AvgIpc) is 2.80. The molecule has 0 aliphatic heterocycles. The molecule has 3 aromatic rings. The van der Waals surface area contributed by atoms with Crippen LogP contribution in [0.1, 0.15) is 44.4 Å². The van der Waals surface area contributed by atoms with Crippen molar-refractivity contribution in [1.29, 1.82) is 0 Å². The number of carbonyl (C=O) groups excluding carboxylic acids is 2. The minimum atomic E-state index is -2.24. The van der Waals surface area contributed by atoms with Crippen molar-refractivity contribution in [2.45, 2.75) is 58.7 Å². The first kappa shape index (κ1) is 25.4. The van der Waals surface area contributed by atoms with Gasteiger partial charge in [0.25, 0.3) is 9.12 Å². The minimum absolute atomic E-state index is 0.00828. The summed E-state index contributed by atoms with van der Waals surface area (Å²) in [5, 5.41) is 0. The third-order valence-electron chi connectivity index (χ3n) is 6.33. The molecule has 0 saturated carbocycles. The van der Waals surface area contributed by atoms with E-state index in [4.69, 9.17) is 0 Å². The Bertz CT molecular complexity index is 978. The monoisotopic (exact) mass is 472 g/mol. The van der Waals surface area contributed by atoms with E-state index in [1.54, 1.807) is 13.8 Å². The van der Waals surface area contributed by atoms with Crippen LogP contribution in [0.4, 0.5) is 0 Å². The number of amides is 2. The van der Waals surface area contributed by atoms with Crippen LogP contribution in [0.15, 0.2) is 91.0 Å². The van der Waals surface area contributed by atoms with Gasteiger partial charge in [-0.15, -0.1) is 0 Å². The summed E-state index contributed by atoms with van der Waals surface area (Å²) in [5.41, 5.74) is 3.55. The minimum Gasteiger partial charge on any atom is -0.351 e. The maximum absolute atomic E-state index is 13.1. The van der Waals surface area contributed by atoms with Gasteiger partial charge in [-0.1, -0.05) is 91.0 Å². The SMILES string of the molecule is CC(=O)N(C(C)Cc1ccccc1)[SiH](Cc1ccccc1)N(C(C)=O)C(C)Cc1ccccc1. The molecule has 178 valence electrons. The molecule has 2 unspecified atom stereocenters. The highest BCUT2D eigenvalue weighted by atomic mass is 28.3. The summed E-state index contributed by atoms with van der Waals surface area (Å²) in [6.07, 6.45) is 1.52. The van der Waals surface area contributed by atoms with Crippen LogP contribution in [0.2, 0.25) is 0 Å². The van der Waals surface area contributed by atoms with Crippen LogP contribution in [0.5, 0.6) is 0 Å². The zero-order chi connectivity index (χ0) is 24.5. The second-order valence-corrected chi connectivity index (χ2v) is 11.6. The molecule has 0 saturated heterocycles. The molecular formula is C29H36N2O2Si. The molecule has 2 amide bonds. The molecular weight excluding hydrogens is 436 g/mol. The van der Waals surface area contributed by atoms with Crippen molar-refractivity contribution in [2.24, 2.45) is 0 Å². The van der Waals surface area contributed by atoms with E-state index in [1.165, 1.54) is 11.1 Å². The molecule has 0 heterocycles. The summed E-state index contributed by atoms with van der Waals surface area (Å²) in [5.74, 6) is 0.0726. The van der Waals surface area contributed by atoms with E-state index in [2.05, 4.69) is 50.2 Å². The highest BCUT2D eigenvalue weighted by Crippen LogP contribution is 2.20. The van der Waals surface area contributed by atoms with E-state index in [9.17, 15) is 9.59 Å². The second kappa shape index (κ2) is 12.3. The van der Waals surface area contributed by atoms with Gasteiger partial charge >= 0.3 is 0 Å². The zero-order valence-electron chi connectivity index (χ0n) is 20.7. The molecule has 5 heteroatoms. The summed E-state index contributed by atoms with van der Waals surface area (Å²) < 4.78 is 4.09. The molecule has 34 heavy (non-hydrogen) atoms. The topological polar surface area (TPSA) is 40.6 Å². The number of carbonyl (C=O) groups is 2. The Labute approximate surface area is 206 Å². The molecule has 0 aromatic heterocycles. The van der Waals surface area contributed by atoms with Gasteiger partial charge in [-0.25, -0.2) is 0 Å². The molecule has 0 aliphatic carbocycles. The van der Waals surface area contributed by atoms with Crippen LogP contribution in [0.25, 0.3) is 0 Å². The normalized spacial score (nSPS) is 13.5. The number of nitrogens with zero attached hydrogens (tertiary/aromatic N) is 2. The molecule has 3 aromatic carbocycles. The van der Waals surface area contributed by atoms with Gasteiger partial charge in [-0.3, -0.25) is 9.59 Å². The number of rotatable bonds is 10. The molecule has 0 N–H and O–H groups in total. The standard InChI is InChI=1S/C29H36N2O2Si/c1-23(20-27-14-8-5-9-15-27)30(25(3)32)34(22-29-18-12-7-13-19-29)31(26(4)33)24(2)21-28-16-10-6-11-17-28/h5-19,23-24,34H,20-22H2,1-4H3. The van der Waals surface area contributed by atoms with Gasteiger partial charge in [0.15, 0.2) is 0 Å². The molecule has 0 aliphatic rings. The largest absolute Gasteiger partial charge is 0.351 e. The van der Waals surface area contributed by atoms with E-state index in [-0.39, 0.29) is 23.9 Å². The molecule has 4 nitrogen and oxygen atoms in total. The fraction of sp³-hybridized carbons (Fsp3) is 0.310. The van der Waals surface area contributed by atoms with Crippen molar-refractivity contribution in [3.63, 3.8) is 0 Å². The molecule has 0 fully saturated rings. The second-order valence-electron chi connectivity index (χ2n) is 9.10. The van der Waals surface area contributed by atoms with Crippen LogP contribution < -0.4 is 0 Å². The highest BCUT2D eigenvalue weighted by molar-refractivity contribution is 6.58. The van der Waals surface area contributed by atoms with E-state index < -0.39 is 9.12 Å². The molecule has 0 radical (unpaired) electrons. The quantitative estimate of drug-likeness (QED) is 0.392. The van der Waals surface area contributed by atoms with Crippen LogP contribution in [-0.4, -0.2) is 42.1 Å². The Hall–Kier alpha value is -3.18. The third-order valence-corrected chi connectivity index (χ3v) is 10.2. The molecule has 2 atom stereocenters. The molecule has 0 bridgehead atoms. The van der Waals surface area contributed by atoms with Gasteiger partial charge in [0.1, 0.15) is 0 Å². The van der Waals surface area contributed by atoms with E-state index >= 15 is 0 Å². The first-order valence-corrected chi connectivity index (χ1v) is 13.9. The lowest BCUT2D eigenvalue weighted by Gasteiger charge is -2.44. The van der Waals surface area contributed by atoms with Crippen molar-refractivity contribution >= 4 is 20.9 Å². The Balaban J connectivity index is 1.97. The summed E-state index contributed by atoms with van der Waals surface area (Å²) >= 11 is 0. The van der Waals surface area contributed by atoms with Crippen LogP contribution in [-0.2, 0) is 28.5 Å². The predicted molar refractivity (Wildman–Crippen MR) is 142 cm³/mol. The number of hydrogen-bond acceptors (Lipinski definition) is 2. The fourth-order valence-electron chi connectivity index (χ4n) is 4.89. The van der Waals surface area contributed by atoms with Crippen molar-refractivity contribution in [3.05, 3.63) is 108 Å². The molecule has 3 rings (SSSR count). The van der Waals surface area contributed by atoms with E-state index in [0.717, 1.165) is 24.4 Å². The van der Waals surface area contributed by atoms with Gasteiger partial charge in [0.05, 0.1) is 0 Å². The lowest BCUT2D eigenvalue weighted by atomic mass is 10.1. The smallest absolute Gasteiger partial charge is 0.257 e. The van der Waals surface area contributed by atoms with Gasteiger partial charge in [0.2, 0.25) is 11.8 Å². The lowest BCUT2D eigenvalue weighted by molar-refractivity contribution is -0.128. The van der Waals surface area contributed by atoms with Crippen molar-refractivity contribution in [1.82, 2.24) is 9.13 Å². The Morgan fingerprint density at radius 1 is 0.618 bits per heavy atom. The molecule has 0 spiro atoms. The Morgan fingerprint density at radius 3 is 1.26 bits per heavy atom. The summed E-state index contributed by atoms with van der Waals surface area (Å²) in [7, 11) is -2.24. The summed E-state index contributed by atoms with van der Waals surface area (Å²) in [4.78, 5) is 26.3. The zero-order valence-corrected chi connectivity index (χ0v) is 21.9. The van der Waals surface area contributed by atoms with Gasteiger partial charge in [-0.05, 0) is 43.4 Å². The predicted octanol–water partition coefficient (Wildman–Crippen LogP) is 4.95. The van der Waals surface area contributed by atoms with Crippen LogP contribution >= 0.6 is 0 Å². The average molecular weight is 473 g/mol. The fourth-order valence-corrected chi connectivity index (χ4v) is 8.47. The summed E-state index contributed by atoms with van der Waals surface area (Å²) in [6, 6.07) is 31.5.